The number of aromatic amines is 1. The average molecular weight is 303 g/mol. The van der Waals surface area contributed by atoms with Crippen molar-refractivity contribution in [3.63, 3.8) is 0 Å². The van der Waals surface area contributed by atoms with E-state index in [1.165, 1.54) is 0 Å². The molecule has 0 unspecified atom stereocenters. The quantitative estimate of drug-likeness (QED) is 0.796. The molecule has 0 aliphatic rings. The highest BCUT2D eigenvalue weighted by Gasteiger charge is 2.04. The Bertz CT molecular complexity index is 846. The maximum Gasteiger partial charge on any atom is 0.204 e. The zero-order chi connectivity index (χ0) is 16.2. The van der Waals surface area contributed by atoms with Gasteiger partial charge in [-0.05, 0) is 47.9 Å². The molecule has 114 valence electrons. The summed E-state index contributed by atoms with van der Waals surface area (Å²) < 4.78 is 0. The fraction of sp³-hybridized carbons (Fsp3) is 0.111. The van der Waals surface area contributed by atoms with E-state index < -0.39 is 0 Å². The van der Waals surface area contributed by atoms with Crippen molar-refractivity contribution in [2.75, 3.05) is 0 Å². The molecule has 1 N–H and O–H groups in total. The number of hydrogen-bond donors (Lipinski definition) is 1. The molecule has 2 aromatic heterocycles. The third-order valence-electron chi connectivity index (χ3n) is 3.65. The molecule has 0 atom stereocenters. The topological polar surface area (TPSA) is 67.3 Å². The zero-order valence-electron chi connectivity index (χ0n) is 13.1. The van der Waals surface area contributed by atoms with Crippen molar-refractivity contribution >= 4 is 17.7 Å². The normalized spacial score (nSPS) is 11.0. The molecule has 0 saturated carbocycles. The number of H-pyrrole nitrogens is 1. The Morgan fingerprint density at radius 1 is 1.13 bits per heavy atom. The van der Waals surface area contributed by atoms with E-state index in [9.17, 15) is 0 Å². The molecule has 0 radical (unpaired) electrons. The minimum atomic E-state index is 0.590. The monoisotopic (exact) mass is 303 g/mol. The summed E-state index contributed by atoms with van der Waals surface area (Å²) in [4.78, 5) is 4.43. The minimum Gasteiger partial charge on any atom is -0.257 e. The third kappa shape index (κ3) is 3.23. The summed E-state index contributed by atoms with van der Waals surface area (Å²) in [5, 5.41) is 13.9. The van der Waals surface area contributed by atoms with Crippen LogP contribution in [0.5, 0.6) is 0 Å². The summed E-state index contributed by atoms with van der Waals surface area (Å²) in [6, 6.07) is 9.96. The summed E-state index contributed by atoms with van der Waals surface area (Å²) in [6.07, 6.45) is 5.87. The molecule has 0 aliphatic carbocycles. The first kappa shape index (κ1) is 14.8. The highest BCUT2D eigenvalue weighted by atomic mass is 15.5. The van der Waals surface area contributed by atoms with Crippen LogP contribution >= 0.6 is 0 Å². The summed E-state index contributed by atoms with van der Waals surface area (Å²) in [6.45, 7) is 8.08. The van der Waals surface area contributed by atoms with Crippen molar-refractivity contribution in [2.45, 2.75) is 13.8 Å². The fourth-order valence-electron chi connectivity index (χ4n) is 2.38. The zero-order valence-corrected chi connectivity index (χ0v) is 13.1. The van der Waals surface area contributed by atoms with Crippen LogP contribution in [0.2, 0.25) is 0 Å². The van der Waals surface area contributed by atoms with Gasteiger partial charge in [0.15, 0.2) is 0 Å². The molecule has 0 bridgehead atoms. The first-order valence-electron chi connectivity index (χ1n) is 7.28. The van der Waals surface area contributed by atoms with Gasteiger partial charge in [0.2, 0.25) is 5.82 Å². The lowest BCUT2D eigenvalue weighted by Crippen LogP contribution is -1.92. The Morgan fingerprint density at radius 2 is 1.91 bits per heavy atom. The molecule has 5 nitrogen and oxygen atoms in total. The van der Waals surface area contributed by atoms with Gasteiger partial charge >= 0.3 is 0 Å². The van der Waals surface area contributed by atoms with E-state index in [4.69, 9.17) is 0 Å². The van der Waals surface area contributed by atoms with E-state index >= 15 is 0 Å². The Labute approximate surface area is 134 Å². The molecule has 0 fully saturated rings. The lowest BCUT2D eigenvalue weighted by Gasteiger charge is -2.07. The van der Waals surface area contributed by atoms with Crippen molar-refractivity contribution in [1.29, 1.82) is 0 Å². The van der Waals surface area contributed by atoms with E-state index in [0.717, 1.165) is 33.5 Å². The van der Waals surface area contributed by atoms with Crippen LogP contribution in [0.15, 0.2) is 43.1 Å². The van der Waals surface area contributed by atoms with Crippen molar-refractivity contribution in [1.82, 2.24) is 25.6 Å². The fourth-order valence-corrected chi connectivity index (χ4v) is 2.38. The van der Waals surface area contributed by atoms with Crippen molar-refractivity contribution in [2.24, 2.45) is 0 Å². The largest absolute Gasteiger partial charge is 0.257 e. The van der Waals surface area contributed by atoms with E-state index in [-0.39, 0.29) is 0 Å². The Kier molecular flexibility index (Phi) is 4.10. The minimum absolute atomic E-state index is 0.590. The van der Waals surface area contributed by atoms with Gasteiger partial charge in [0, 0.05) is 11.8 Å². The summed E-state index contributed by atoms with van der Waals surface area (Å²) in [5.41, 5.74) is 6.29. The summed E-state index contributed by atoms with van der Waals surface area (Å²) in [7, 11) is 0. The number of nitrogens with zero attached hydrogens (tertiary/aromatic N) is 4. The van der Waals surface area contributed by atoms with Crippen LogP contribution in [0.3, 0.4) is 0 Å². The number of aromatic nitrogens is 5. The van der Waals surface area contributed by atoms with Gasteiger partial charge in [-0.25, -0.2) is 0 Å². The molecular weight excluding hydrogens is 286 g/mol. The Balaban J connectivity index is 1.83. The van der Waals surface area contributed by atoms with E-state index in [1.54, 1.807) is 0 Å². The smallest absolute Gasteiger partial charge is 0.204 e. The van der Waals surface area contributed by atoms with Crippen molar-refractivity contribution in [3.8, 4) is 11.4 Å². The molecule has 3 aromatic rings. The molecule has 3 rings (SSSR count). The first-order chi connectivity index (χ1) is 11.1. The van der Waals surface area contributed by atoms with Crippen LogP contribution in [0.1, 0.15) is 29.3 Å². The third-order valence-corrected chi connectivity index (χ3v) is 3.65. The maximum atomic E-state index is 4.43. The second-order valence-electron chi connectivity index (χ2n) is 5.34. The maximum absolute atomic E-state index is 4.43. The number of nitrogens with one attached hydrogen (secondary N) is 1. The Morgan fingerprint density at radius 3 is 2.57 bits per heavy atom. The second-order valence-corrected chi connectivity index (χ2v) is 5.34. The number of pyridine rings is 1. The van der Waals surface area contributed by atoms with Gasteiger partial charge in [0.05, 0.1) is 5.69 Å². The molecular formula is C18H17N5. The molecule has 0 amide bonds. The molecule has 2 heterocycles. The first-order valence-corrected chi connectivity index (χ1v) is 7.28. The number of allylic oxidation sites excluding steroid dienone is 1. The highest BCUT2D eigenvalue weighted by molar-refractivity contribution is 5.74. The lowest BCUT2D eigenvalue weighted by molar-refractivity contribution is 0.881. The molecule has 23 heavy (non-hydrogen) atoms. The molecule has 5 heteroatoms. The number of hydrogen-bond acceptors (Lipinski definition) is 4. The summed E-state index contributed by atoms with van der Waals surface area (Å²) >= 11 is 0. The van der Waals surface area contributed by atoms with Crippen LogP contribution < -0.4 is 0 Å². The predicted octanol–water partition coefficient (Wildman–Crippen LogP) is 3.77. The SMILES string of the molecule is C=C(C)c1ccnc(/C=C/c2ccc(-c3nn[nH]n3)cc2)c1C. The molecule has 1 aromatic carbocycles. The van der Waals surface area contributed by atoms with Gasteiger partial charge in [-0.15, -0.1) is 10.2 Å². The van der Waals surface area contributed by atoms with Crippen LogP contribution in [0.25, 0.3) is 29.1 Å². The van der Waals surface area contributed by atoms with Gasteiger partial charge in [-0.1, -0.05) is 42.5 Å². The predicted molar refractivity (Wildman–Crippen MR) is 92.2 cm³/mol. The number of rotatable bonds is 4. The Hall–Kier alpha value is -3.08. The summed E-state index contributed by atoms with van der Waals surface area (Å²) in [5.74, 6) is 0.590. The second kappa shape index (κ2) is 6.36. The van der Waals surface area contributed by atoms with E-state index in [2.05, 4.69) is 39.1 Å². The standard InChI is InChI=1S/C18H17N5/c1-12(2)16-10-11-19-17(13(16)3)9-6-14-4-7-15(8-5-14)18-20-22-23-21-18/h4-11H,1H2,2-3H3,(H,20,21,22,23)/b9-6+. The van der Waals surface area contributed by atoms with Crippen molar-refractivity contribution < 1.29 is 0 Å². The molecule has 0 spiro atoms. The van der Waals surface area contributed by atoms with E-state index in [1.807, 2.05) is 55.6 Å². The van der Waals surface area contributed by atoms with Gasteiger partial charge in [-0.2, -0.15) is 5.21 Å². The molecule has 0 saturated heterocycles. The van der Waals surface area contributed by atoms with Gasteiger partial charge in [0.1, 0.15) is 0 Å². The van der Waals surface area contributed by atoms with Crippen LogP contribution in [-0.2, 0) is 0 Å². The van der Waals surface area contributed by atoms with Gasteiger partial charge in [-0.3, -0.25) is 4.98 Å². The van der Waals surface area contributed by atoms with Crippen molar-refractivity contribution in [3.05, 3.63) is 65.5 Å². The highest BCUT2D eigenvalue weighted by Crippen LogP contribution is 2.20. The average Bonchev–Trinajstić information content (AvgIpc) is 3.08. The number of tetrazole rings is 1. The van der Waals surface area contributed by atoms with E-state index in [0.29, 0.717) is 5.82 Å². The lowest BCUT2D eigenvalue weighted by atomic mass is 10.0. The van der Waals surface area contributed by atoms with Crippen LogP contribution in [-0.4, -0.2) is 25.6 Å². The van der Waals surface area contributed by atoms with Crippen LogP contribution in [0.4, 0.5) is 0 Å². The van der Waals surface area contributed by atoms with Gasteiger partial charge in [0.25, 0.3) is 0 Å². The molecule has 0 aliphatic heterocycles. The van der Waals surface area contributed by atoms with Crippen LogP contribution in [0, 0.1) is 6.92 Å². The number of benzene rings is 1. The van der Waals surface area contributed by atoms with Gasteiger partial charge < -0.3 is 0 Å².